The van der Waals surface area contributed by atoms with Crippen molar-refractivity contribution in [2.45, 2.75) is 64.7 Å². The van der Waals surface area contributed by atoms with Crippen molar-refractivity contribution in [1.82, 2.24) is 20.5 Å². The Labute approximate surface area is 190 Å². The van der Waals surface area contributed by atoms with Gasteiger partial charge in [0.15, 0.2) is 0 Å². The van der Waals surface area contributed by atoms with Crippen LogP contribution in [0.3, 0.4) is 0 Å². The molecule has 2 aromatic rings. The molecule has 0 bridgehead atoms. The molecular formula is C25H33N5O2. The highest BCUT2D eigenvalue weighted by Crippen LogP contribution is 2.34. The molecule has 0 aliphatic carbocycles. The fourth-order valence-corrected chi connectivity index (χ4v) is 4.70. The first-order valence-electron chi connectivity index (χ1n) is 11.6. The zero-order valence-electron chi connectivity index (χ0n) is 19.2. The Morgan fingerprint density at radius 3 is 2.69 bits per heavy atom. The van der Waals surface area contributed by atoms with Crippen LogP contribution in [0, 0.1) is 0 Å². The lowest BCUT2D eigenvalue weighted by molar-refractivity contribution is 0.0933. The molecule has 0 spiro atoms. The van der Waals surface area contributed by atoms with Crippen LogP contribution in [-0.4, -0.2) is 53.0 Å². The summed E-state index contributed by atoms with van der Waals surface area (Å²) >= 11 is 0. The molecule has 1 aromatic carbocycles. The van der Waals surface area contributed by atoms with Gasteiger partial charge < -0.3 is 10.6 Å². The van der Waals surface area contributed by atoms with E-state index in [1.807, 2.05) is 56.0 Å². The van der Waals surface area contributed by atoms with Crippen LogP contribution >= 0.6 is 0 Å². The van der Waals surface area contributed by atoms with Crippen molar-refractivity contribution >= 4 is 17.6 Å². The number of nitrogens with one attached hydrogen (secondary N) is 2. The van der Waals surface area contributed by atoms with Crippen molar-refractivity contribution in [2.75, 3.05) is 18.0 Å². The molecule has 2 aliphatic heterocycles. The number of nitrogens with zero attached hydrogens (tertiary/aromatic N) is 3. The number of rotatable bonds is 5. The van der Waals surface area contributed by atoms with Gasteiger partial charge in [0, 0.05) is 55.3 Å². The van der Waals surface area contributed by atoms with E-state index < -0.39 is 0 Å². The summed E-state index contributed by atoms with van der Waals surface area (Å²) in [7, 11) is 0. The number of carbonyl (C=O) groups is 2. The molecule has 170 valence electrons. The maximum absolute atomic E-state index is 12.9. The van der Waals surface area contributed by atoms with Crippen LogP contribution < -0.4 is 15.5 Å². The van der Waals surface area contributed by atoms with Gasteiger partial charge in [-0.05, 0) is 56.9 Å². The van der Waals surface area contributed by atoms with E-state index in [1.165, 1.54) is 0 Å². The monoisotopic (exact) mass is 435 g/mol. The Morgan fingerprint density at radius 2 is 1.97 bits per heavy atom. The third-order valence-electron chi connectivity index (χ3n) is 6.40. The lowest BCUT2D eigenvalue weighted by atomic mass is 10.1. The lowest BCUT2D eigenvalue weighted by Gasteiger charge is -2.30. The summed E-state index contributed by atoms with van der Waals surface area (Å²) < 4.78 is 0. The third kappa shape index (κ3) is 4.78. The zero-order chi connectivity index (χ0) is 22.7. The number of fused-ring (bicyclic) bond motifs is 2. The molecule has 32 heavy (non-hydrogen) atoms. The molecule has 0 saturated carbocycles. The number of aromatic nitrogens is 1. The largest absolute Gasteiger partial charge is 0.350 e. The molecule has 1 saturated heterocycles. The van der Waals surface area contributed by atoms with E-state index in [2.05, 4.69) is 26.6 Å². The molecule has 1 aromatic heterocycles. The van der Waals surface area contributed by atoms with E-state index in [1.54, 1.807) is 6.20 Å². The zero-order valence-corrected chi connectivity index (χ0v) is 19.2. The molecular weight excluding hydrogens is 402 g/mol. The molecule has 1 fully saturated rings. The summed E-state index contributed by atoms with van der Waals surface area (Å²) in [5, 5.41) is 6.15. The molecule has 0 radical (unpaired) electrons. The van der Waals surface area contributed by atoms with Gasteiger partial charge in [0.05, 0.1) is 5.56 Å². The van der Waals surface area contributed by atoms with Crippen molar-refractivity contribution in [3.05, 3.63) is 59.4 Å². The second-order valence-corrected chi connectivity index (χ2v) is 9.00. The van der Waals surface area contributed by atoms with Crippen molar-refractivity contribution in [3.8, 4) is 0 Å². The number of urea groups is 1. The van der Waals surface area contributed by atoms with Gasteiger partial charge >= 0.3 is 6.03 Å². The highest BCUT2D eigenvalue weighted by Gasteiger charge is 2.38. The molecule has 2 N–H and O–H groups in total. The lowest BCUT2D eigenvalue weighted by Crippen LogP contribution is -2.49. The number of pyridine rings is 1. The summed E-state index contributed by atoms with van der Waals surface area (Å²) in [4.78, 5) is 34.3. The maximum atomic E-state index is 12.9. The highest BCUT2D eigenvalue weighted by atomic mass is 16.2. The van der Waals surface area contributed by atoms with E-state index in [0.717, 1.165) is 42.8 Å². The van der Waals surface area contributed by atoms with Crippen molar-refractivity contribution < 1.29 is 9.59 Å². The van der Waals surface area contributed by atoms with E-state index in [-0.39, 0.29) is 30.1 Å². The fraction of sp³-hybridized carbons (Fsp3) is 0.480. The molecule has 2 atom stereocenters. The molecule has 2 aliphatic rings. The van der Waals surface area contributed by atoms with Crippen LogP contribution in [0.5, 0.6) is 0 Å². The number of hydrogen-bond donors (Lipinski definition) is 2. The van der Waals surface area contributed by atoms with Gasteiger partial charge in [0.2, 0.25) is 0 Å². The quantitative estimate of drug-likeness (QED) is 0.755. The predicted molar refractivity (Wildman–Crippen MR) is 126 cm³/mol. The standard InChI is InChI=1S/C25H33N5O2/c1-4-20-10-9-18(13-26-20)24(31)27-14-21-11-12-22-16-30(25(32)28-17(2)3)23-8-6-5-7-19(23)15-29(21)22/h5-10,13,17,21-22H,4,11-12,14-16H2,1-3H3,(H,27,31)(H,28,32). The molecule has 7 heteroatoms. The van der Waals surface area contributed by atoms with E-state index in [9.17, 15) is 9.59 Å². The first-order valence-corrected chi connectivity index (χ1v) is 11.6. The van der Waals surface area contributed by atoms with Crippen LogP contribution in [0.4, 0.5) is 10.5 Å². The Hall–Kier alpha value is -2.93. The topological polar surface area (TPSA) is 77.6 Å². The summed E-state index contributed by atoms with van der Waals surface area (Å²) in [5.74, 6) is -0.0863. The number of carbonyl (C=O) groups excluding carboxylic acids is 2. The Bertz CT molecular complexity index is 959. The van der Waals surface area contributed by atoms with Crippen LogP contribution in [0.25, 0.3) is 0 Å². The number of para-hydroxylation sites is 1. The average molecular weight is 436 g/mol. The predicted octanol–water partition coefficient (Wildman–Crippen LogP) is 3.35. The number of benzene rings is 1. The number of anilines is 1. The first-order chi connectivity index (χ1) is 15.5. The highest BCUT2D eigenvalue weighted by molar-refractivity contribution is 5.94. The number of amides is 3. The van der Waals surface area contributed by atoms with Gasteiger partial charge in [-0.3, -0.25) is 19.6 Å². The molecule has 4 rings (SSSR count). The molecule has 2 unspecified atom stereocenters. The SMILES string of the molecule is CCc1ccc(C(=O)NCC2CCC3CN(C(=O)NC(C)C)c4ccccc4CN23)cn1. The van der Waals surface area contributed by atoms with E-state index >= 15 is 0 Å². The number of hydrogen-bond acceptors (Lipinski definition) is 4. The van der Waals surface area contributed by atoms with Gasteiger partial charge in [-0.25, -0.2) is 4.79 Å². The van der Waals surface area contributed by atoms with E-state index in [4.69, 9.17) is 0 Å². The Morgan fingerprint density at radius 1 is 1.16 bits per heavy atom. The van der Waals surface area contributed by atoms with Crippen LogP contribution in [0.1, 0.15) is 55.2 Å². The van der Waals surface area contributed by atoms with Crippen molar-refractivity contribution in [1.29, 1.82) is 0 Å². The summed E-state index contributed by atoms with van der Waals surface area (Å²) in [5.41, 5.74) is 3.69. The minimum absolute atomic E-state index is 0.0471. The third-order valence-corrected chi connectivity index (χ3v) is 6.40. The Balaban J connectivity index is 1.46. The van der Waals surface area contributed by atoms with E-state index in [0.29, 0.717) is 18.7 Å². The number of aryl methyl sites for hydroxylation is 1. The molecule has 7 nitrogen and oxygen atoms in total. The second-order valence-electron chi connectivity index (χ2n) is 9.00. The Kier molecular flexibility index (Phi) is 6.74. The minimum Gasteiger partial charge on any atom is -0.350 e. The van der Waals surface area contributed by atoms with Crippen LogP contribution in [-0.2, 0) is 13.0 Å². The van der Waals surface area contributed by atoms with Gasteiger partial charge in [-0.2, -0.15) is 0 Å². The summed E-state index contributed by atoms with van der Waals surface area (Å²) in [6, 6.07) is 12.4. The summed E-state index contributed by atoms with van der Waals surface area (Å²) in [6.45, 7) is 8.03. The van der Waals surface area contributed by atoms with Crippen molar-refractivity contribution in [3.63, 3.8) is 0 Å². The summed E-state index contributed by atoms with van der Waals surface area (Å²) in [6.07, 6.45) is 4.51. The maximum Gasteiger partial charge on any atom is 0.322 e. The van der Waals surface area contributed by atoms with Gasteiger partial charge in [0.25, 0.3) is 5.91 Å². The van der Waals surface area contributed by atoms with Gasteiger partial charge in [0.1, 0.15) is 0 Å². The van der Waals surface area contributed by atoms with Gasteiger partial charge in [-0.1, -0.05) is 25.1 Å². The van der Waals surface area contributed by atoms with Crippen LogP contribution in [0.2, 0.25) is 0 Å². The van der Waals surface area contributed by atoms with Crippen LogP contribution in [0.15, 0.2) is 42.6 Å². The normalized spacial score (nSPS) is 20.4. The second kappa shape index (κ2) is 9.69. The molecule has 3 heterocycles. The van der Waals surface area contributed by atoms with Crippen molar-refractivity contribution in [2.24, 2.45) is 0 Å². The smallest absolute Gasteiger partial charge is 0.322 e. The fourth-order valence-electron chi connectivity index (χ4n) is 4.70. The molecule has 3 amide bonds. The van der Waals surface area contributed by atoms with Gasteiger partial charge in [-0.15, -0.1) is 0 Å². The minimum atomic E-state index is -0.0863. The average Bonchev–Trinajstić information content (AvgIpc) is 3.08. The first kappa shape index (κ1) is 22.3.